The normalized spacial score (nSPS) is 26.2. The van der Waals surface area contributed by atoms with E-state index in [1.807, 2.05) is 0 Å². The average molecular weight is 208 g/mol. The van der Waals surface area contributed by atoms with E-state index in [-0.39, 0.29) is 0 Å². The highest BCUT2D eigenvalue weighted by Gasteiger charge is 2.41. The van der Waals surface area contributed by atoms with Gasteiger partial charge in [0.1, 0.15) is 12.2 Å². The Morgan fingerprint density at radius 3 is 1.85 bits per heavy atom. The lowest BCUT2D eigenvalue weighted by Gasteiger charge is -1.87. The summed E-state index contributed by atoms with van der Waals surface area (Å²) >= 11 is 3.46. The van der Waals surface area contributed by atoms with Crippen LogP contribution in [-0.2, 0) is 4.74 Å². The third kappa shape index (κ3) is 1.33. The summed E-state index contributed by atoms with van der Waals surface area (Å²) in [7, 11) is 0. The Bertz CT molecular complexity index is 339. The van der Waals surface area contributed by atoms with Crippen LogP contribution in [0.4, 0.5) is 0 Å². The quantitative estimate of drug-likeness (QED) is 0.687. The lowest BCUT2D eigenvalue weighted by atomic mass is 10.1. The molecule has 0 N–H and O–H groups in total. The highest BCUT2D eigenvalue weighted by atomic mass is 32.1. The van der Waals surface area contributed by atoms with Crippen molar-refractivity contribution in [2.45, 2.75) is 12.2 Å². The molecule has 1 aliphatic heterocycles. The Labute approximate surface area is 84.6 Å². The van der Waals surface area contributed by atoms with Gasteiger partial charge >= 0.3 is 0 Å². The van der Waals surface area contributed by atoms with E-state index in [0.29, 0.717) is 12.2 Å². The first-order valence-corrected chi connectivity index (χ1v) is 6.03. The summed E-state index contributed by atoms with van der Waals surface area (Å²) in [6, 6.07) is 4.28. The van der Waals surface area contributed by atoms with Gasteiger partial charge in [0.25, 0.3) is 0 Å². The second-order valence-electron chi connectivity index (χ2n) is 3.09. The van der Waals surface area contributed by atoms with E-state index in [4.69, 9.17) is 4.74 Å². The number of rotatable bonds is 2. The fourth-order valence-electron chi connectivity index (χ4n) is 1.49. The largest absolute Gasteiger partial charge is 0.359 e. The standard InChI is InChI=1S/C10H8OS2/c1-3-12-5-7(1)9-10(11-9)8-2-4-13-6-8/h1-6,9-10H. The molecule has 2 atom stereocenters. The predicted octanol–water partition coefficient (Wildman–Crippen LogP) is 3.62. The Hall–Kier alpha value is -0.640. The molecule has 1 nitrogen and oxygen atoms in total. The molecule has 0 spiro atoms. The van der Waals surface area contributed by atoms with Gasteiger partial charge in [-0.1, -0.05) is 0 Å². The molecular weight excluding hydrogens is 200 g/mol. The van der Waals surface area contributed by atoms with Crippen molar-refractivity contribution in [3.8, 4) is 0 Å². The first kappa shape index (κ1) is 7.74. The van der Waals surface area contributed by atoms with Crippen LogP contribution < -0.4 is 0 Å². The molecule has 1 aliphatic rings. The SMILES string of the molecule is c1cc(C2OC2c2ccsc2)cs1. The van der Waals surface area contributed by atoms with E-state index in [0.717, 1.165) is 0 Å². The molecule has 0 aliphatic carbocycles. The second kappa shape index (κ2) is 2.94. The lowest BCUT2D eigenvalue weighted by Crippen LogP contribution is -1.77. The highest BCUT2D eigenvalue weighted by molar-refractivity contribution is 7.08. The van der Waals surface area contributed by atoms with Gasteiger partial charge in [0.05, 0.1) is 0 Å². The van der Waals surface area contributed by atoms with E-state index in [1.165, 1.54) is 11.1 Å². The van der Waals surface area contributed by atoms with Crippen LogP contribution in [0.15, 0.2) is 33.7 Å². The van der Waals surface area contributed by atoms with Gasteiger partial charge in [-0.05, 0) is 44.8 Å². The smallest absolute Gasteiger partial charge is 0.115 e. The summed E-state index contributed by atoms with van der Waals surface area (Å²) in [5, 5.41) is 8.53. The first-order valence-electron chi connectivity index (χ1n) is 4.15. The Balaban J connectivity index is 1.81. The molecule has 2 aromatic heterocycles. The fourth-order valence-corrected chi connectivity index (χ4v) is 2.86. The maximum Gasteiger partial charge on any atom is 0.115 e. The van der Waals surface area contributed by atoms with Crippen LogP contribution >= 0.6 is 22.7 Å². The number of epoxide rings is 1. The van der Waals surface area contributed by atoms with Crippen LogP contribution in [0, 0.1) is 0 Å². The molecular formula is C10H8OS2. The maximum absolute atomic E-state index is 5.62. The van der Waals surface area contributed by atoms with Gasteiger partial charge < -0.3 is 4.74 Å². The number of hydrogen-bond acceptors (Lipinski definition) is 3. The van der Waals surface area contributed by atoms with Crippen molar-refractivity contribution in [3.05, 3.63) is 44.8 Å². The third-order valence-electron chi connectivity index (χ3n) is 2.24. The predicted molar refractivity (Wildman–Crippen MR) is 55.2 cm³/mol. The Kier molecular flexibility index (Phi) is 1.75. The van der Waals surface area contributed by atoms with Gasteiger partial charge in [0.2, 0.25) is 0 Å². The number of hydrogen-bond donors (Lipinski definition) is 0. The van der Waals surface area contributed by atoms with Gasteiger partial charge in [0.15, 0.2) is 0 Å². The molecule has 0 aromatic carbocycles. The molecule has 0 radical (unpaired) electrons. The number of ether oxygens (including phenoxy) is 1. The Morgan fingerprint density at radius 2 is 1.46 bits per heavy atom. The maximum atomic E-state index is 5.62. The van der Waals surface area contributed by atoms with Gasteiger partial charge in [-0.15, -0.1) is 0 Å². The van der Waals surface area contributed by atoms with Crippen LogP contribution in [0.1, 0.15) is 23.3 Å². The lowest BCUT2D eigenvalue weighted by molar-refractivity contribution is 0.378. The minimum atomic E-state index is 0.320. The van der Waals surface area contributed by atoms with E-state index in [9.17, 15) is 0 Å². The summed E-state index contributed by atoms with van der Waals surface area (Å²) < 4.78 is 5.62. The molecule has 0 bridgehead atoms. The molecule has 0 amide bonds. The van der Waals surface area contributed by atoms with E-state index in [2.05, 4.69) is 33.7 Å². The topological polar surface area (TPSA) is 12.5 Å². The molecule has 0 saturated carbocycles. The van der Waals surface area contributed by atoms with Crippen molar-refractivity contribution < 1.29 is 4.74 Å². The summed E-state index contributed by atoms with van der Waals surface area (Å²) in [5.74, 6) is 0. The van der Waals surface area contributed by atoms with Crippen LogP contribution in [-0.4, -0.2) is 0 Å². The van der Waals surface area contributed by atoms with Crippen molar-refractivity contribution in [1.29, 1.82) is 0 Å². The third-order valence-corrected chi connectivity index (χ3v) is 3.64. The summed E-state index contributed by atoms with van der Waals surface area (Å²) in [4.78, 5) is 0. The van der Waals surface area contributed by atoms with E-state index in [1.54, 1.807) is 22.7 Å². The van der Waals surface area contributed by atoms with Crippen molar-refractivity contribution in [1.82, 2.24) is 0 Å². The van der Waals surface area contributed by atoms with Crippen LogP contribution in [0.5, 0.6) is 0 Å². The van der Waals surface area contributed by atoms with Crippen molar-refractivity contribution >= 4 is 22.7 Å². The van der Waals surface area contributed by atoms with Crippen molar-refractivity contribution in [2.75, 3.05) is 0 Å². The van der Waals surface area contributed by atoms with Crippen molar-refractivity contribution in [3.63, 3.8) is 0 Å². The monoisotopic (exact) mass is 208 g/mol. The molecule has 66 valence electrons. The minimum absolute atomic E-state index is 0.320. The van der Waals surface area contributed by atoms with E-state index >= 15 is 0 Å². The van der Waals surface area contributed by atoms with Crippen LogP contribution in [0.25, 0.3) is 0 Å². The first-order chi connectivity index (χ1) is 6.45. The number of thiophene rings is 2. The summed E-state index contributed by atoms with van der Waals surface area (Å²) in [5.41, 5.74) is 2.64. The molecule has 3 rings (SSSR count). The van der Waals surface area contributed by atoms with Gasteiger partial charge in [-0.2, -0.15) is 22.7 Å². The fraction of sp³-hybridized carbons (Fsp3) is 0.200. The molecule has 3 heterocycles. The van der Waals surface area contributed by atoms with Gasteiger partial charge in [-0.25, -0.2) is 0 Å². The molecule has 13 heavy (non-hydrogen) atoms. The van der Waals surface area contributed by atoms with Gasteiger partial charge in [0, 0.05) is 0 Å². The Morgan fingerprint density at radius 1 is 0.923 bits per heavy atom. The second-order valence-corrected chi connectivity index (χ2v) is 4.65. The zero-order valence-electron chi connectivity index (χ0n) is 6.84. The molecule has 2 unspecified atom stereocenters. The van der Waals surface area contributed by atoms with Crippen LogP contribution in [0.2, 0.25) is 0 Å². The zero-order valence-corrected chi connectivity index (χ0v) is 8.48. The zero-order chi connectivity index (χ0) is 8.67. The molecule has 3 heteroatoms. The van der Waals surface area contributed by atoms with Gasteiger partial charge in [-0.3, -0.25) is 0 Å². The highest BCUT2D eigenvalue weighted by Crippen LogP contribution is 2.51. The molecule has 1 saturated heterocycles. The van der Waals surface area contributed by atoms with E-state index < -0.39 is 0 Å². The summed E-state index contributed by atoms with van der Waals surface area (Å²) in [6.07, 6.45) is 0.640. The van der Waals surface area contributed by atoms with Crippen molar-refractivity contribution in [2.24, 2.45) is 0 Å². The summed E-state index contributed by atoms with van der Waals surface area (Å²) in [6.45, 7) is 0. The van der Waals surface area contributed by atoms with Crippen LogP contribution in [0.3, 0.4) is 0 Å². The molecule has 1 fully saturated rings. The average Bonchev–Trinajstić information content (AvgIpc) is 2.67. The minimum Gasteiger partial charge on any atom is -0.359 e. The molecule has 2 aromatic rings.